The lowest BCUT2D eigenvalue weighted by atomic mass is 9.94. The van der Waals surface area contributed by atoms with Crippen LogP contribution in [0, 0.1) is 5.82 Å². The van der Waals surface area contributed by atoms with Crippen molar-refractivity contribution in [2.45, 2.75) is 25.4 Å². The van der Waals surface area contributed by atoms with E-state index in [0.29, 0.717) is 28.9 Å². The fourth-order valence-corrected chi connectivity index (χ4v) is 3.72. The first-order chi connectivity index (χ1) is 14.5. The molecule has 3 aromatic carbocycles. The van der Waals surface area contributed by atoms with Gasteiger partial charge in [-0.3, -0.25) is 9.69 Å². The smallest absolute Gasteiger partial charge is 0.227 e. The Morgan fingerprint density at radius 1 is 1.07 bits per heavy atom. The van der Waals surface area contributed by atoms with Crippen LogP contribution in [0.15, 0.2) is 72.8 Å². The highest BCUT2D eigenvalue weighted by atomic mass is 19.1. The lowest BCUT2D eigenvalue weighted by Gasteiger charge is -2.30. The molecule has 0 amide bonds. The number of ether oxygens (including phenoxy) is 2. The van der Waals surface area contributed by atoms with Gasteiger partial charge in [-0.15, -0.1) is 0 Å². The number of Topliss-reactive ketones (excluding diaryl/α,β-unsaturated/α-hetero) is 1. The first-order valence-corrected chi connectivity index (χ1v) is 9.93. The van der Waals surface area contributed by atoms with Crippen molar-refractivity contribution < 1.29 is 18.7 Å². The van der Waals surface area contributed by atoms with E-state index >= 15 is 0 Å². The number of nitrogens with zero attached hydrogens (tertiary/aromatic N) is 1. The molecular weight excluding hydrogens is 381 g/mol. The molecule has 0 spiro atoms. The second kappa shape index (κ2) is 8.78. The first-order valence-electron chi connectivity index (χ1n) is 9.93. The van der Waals surface area contributed by atoms with E-state index in [1.54, 1.807) is 12.1 Å². The van der Waals surface area contributed by atoms with Crippen LogP contribution in [0.5, 0.6) is 5.75 Å². The maximum absolute atomic E-state index is 14.3. The third-order valence-corrected chi connectivity index (χ3v) is 5.29. The lowest BCUT2D eigenvalue weighted by Crippen LogP contribution is -2.38. The Morgan fingerprint density at radius 3 is 2.40 bits per heavy atom. The van der Waals surface area contributed by atoms with Gasteiger partial charge in [-0.1, -0.05) is 60.7 Å². The molecule has 0 N–H and O–H groups in total. The number of hydrogen-bond acceptors (Lipinski definition) is 4. The van der Waals surface area contributed by atoms with E-state index in [4.69, 9.17) is 9.47 Å². The summed E-state index contributed by atoms with van der Waals surface area (Å²) in [5.41, 5.74) is 2.84. The minimum absolute atomic E-state index is 0.00900. The number of halogens is 1. The zero-order valence-corrected chi connectivity index (χ0v) is 17.0. The number of carbonyl (C=O) groups is 1. The van der Waals surface area contributed by atoms with Gasteiger partial charge < -0.3 is 9.47 Å². The SMILES string of the molecule is CN(C)C(Cc1cc(F)cc2c1OC(c1ccccc1)OC2)C(=O)c1ccccc1. The Labute approximate surface area is 175 Å². The average Bonchev–Trinajstić information content (AvgIpc) is 2.77. The second-order valence-electron chi connectivity index (χ2n) is 7.64. The van der Waals surface area contributed by atoms with Crippen molar-refractivity contribution in [1.82, 2.24) is 4.90 Å². The summed E-state index contributed by atoms with van der Waals surface area (Å²) in [7, 11) is 3.71. The van der Waals surface area contributed by atoms with Crippen LogP contribution < -0.4 is 4.74 Å². The Morgan fingerprint density at radius 2 is 1.73 bits per heavy atom. The van der Waals surface area contributed by atoms with Crippen LogP contribution in [0.4, 0.5) is 4.39 Å². The Balaban J connectivity index is 1.65. The molecule has 1 heterocycles. The van der Waals surface area contributed by atoms with Crippen molar-refractivity contribution in [3.05, 3.63) is 101 Å². The molecule has 5 heteroatoms. The molecule has 30 heavy (non-hydrogen) atoms. The van der Waals surface area contributed by atoms with E-state index in [1.165, 1.54) is 12.1 Å². The standard InChI is InChI=1S/C25H24FNO3/c1-27(2)22(23(28)17-9-5-3-6-10-17)15-19-13-21(26)14-20-16-29-25(30-24(19)20)18-11-7-4-8-12-18/h3-14,22,25H,15-16H2,1-2H3. The molecule has 0 fully saturated rings. The van der Waals surface area contributed by atoms with Crippen molar-refractivity contribution in [1.29, 1.82) is 0 Å². The fourth-order valence-electron chi connectivity index (χ4n) is 3.72. The molecule has 4 rings (SSSR count). The summed E-state index contributed by atoms with van der Waals surface area (Å²) in [6, 6.07) is 21.2. The van der Waals surface area contributed by atoms with Crippen LogP contribution in [0.3, 0.4) is 0 Å². The molecule has 3 aromatic rings. The van der Waals surface area contributed by atoms with Crippen LogP contribution in [0.25, 0.3) is 0 Å². The summed E-state index contributed by atoms with van der Waals surface area (Å²) in [6.45, 7) is 0.249. The number of rotatable bonds is 6. The van der Waals surface area contributed by atoms with Gasteiger partial charge in [0, 0.05) is 16.7 Å². The van der Waals surface area contributed by atoms with E-state index in [9.17, 15) is 9.18 Å². The first kappa shape index (κ1) is 20.3. The van der Waals surface area contributed by atoms with Gasteiger partial charge in [-0.2, -0.15) is 0 Å². The summed E-state index contributed by atoms with van der Waals surface area (Å²) < 4.78 is 26.3. The van der Waals surface area contributed by atoms with Crippen molar-refractivity contribution in [3.63, 3.8) is 0 Å². The number of benzene rings is 3. The van der Waals surface area contributed by atoms with Crippen LogP contribution in [-0.4, -0.2) is 30.8 Å². The van der Waals surface area contributed by atoms with Crippen molar-refractivity contribution >= 4 is 5.78 Å². The molecule has 1 aliphatic rings. The second-order valence-corrected chi connectivity index (χ2v) is 7.64. The van der Waals surface area contributed by atoms with Gasteiger partial charge in [0.05, 0.1) is 12.6 Å². The van der Waals surface area contributed by atoms with E-state index in [-0.39, 0.29) is 18.2 Å². The summed E-state index contributed by atoms with van der Waals surface area (Å²) in [6.07, 6.45) is -0.229. The topological polar surface area (TPSA) is 38.8 Å². The largest absolute Gasteiger partial charge is 0.460 e. The highest BCUT2D eigenvalue weighted by Gasteiger charge is 2.29. The minimum atomic E-state index is -0.564. The van der Waals surface area contributed by atoms with Gasteiger partial charge in [0.1, 0.15) is 11.6 Å². The molecular formula is C25H24FNO3. The van der Waals surface area contributed by atoms with E-state index < -0.39 is 12.3 Å². The minimum Gasteiger partial charge on any atom is -0.460 e. The molecule has 0 aliphatic carbocycles. The summed E-state index contributed by atoms with van der Waals surface area (Å²) in [5.74, 6) is 0.230. The number of likely N-dealkylation sites (N-methyl/N-ethyl adjacent to an activating group) is 1. The maximum atomic E-state index is 14.3. The molecule has 154 valence electrons. The highest BCUT2D eigenvalue weighted by Crippen LogP contribution is 2.37. The van der Waals surface area contributed by atoms with Gasteiger partial charge in [0.2, 0.25) is 6.29 Å². The number of fused-ring (bicyclic) bond motifs is 1. The van der Waals surface area contributed by atoms with Gasteiger partial charge >= 0.3 is 0 Å². The molecule has 0 saturated carbocycles. The molecule has 0 aromatic heterocycles. The Kier molecular flexibility index (Phi) is 5.93. The monoisotopic (exact) mass is 405 g/mol. The number of hydrogen-bond donors (Lipinski definition) is 0. The van der Waals surface area contributed by atoms with Gasteiger partial charge in [0.25, 0.3) is 0 Å². The molecule has 4 nitrogen and oxygen atoms in total. The molecule has 0 bridgehead atoms. The molecule has 2 unspecified atom stereocenters. The predicted octanol–water partition coefficient (Wildman–Crippen LogP) is 4.79. The van der Waals surface area contributed by atoms with Crippen molar-refractivity contribution in [2.24, 2.45) is 0 Å². The van der Waals surface area contributed by atoms with E-state index in [1.807, 2.05) is 67.5 Å². The van der Waals surface area contributed by atoms with Gasteiger partial charge in [-0.05, 0) is 38.2 Å². The molecule has 2 atom stereocenters. The zero-order chi connectivity index (χ0) is 21.1. The summed E-state index contributed by atoms with van der Waals surface area (Å²) in [4.78, 5) is 15.0. The predicted molar refractivity (Wildman–Crippen MR) is 113 cm³/mol. The van der Waals surface area contributed by atoms with E-state index in [0.717, 1.165) is 5.56 Å². The third kappa shape index (κ3) is 4.27. The van der Waals surface area contributed by atoms with Crippen LogP contribution in [-0.2, 0) is 17.8 Å². The Bertz CT molecular complexity index is 1020. The maximum Gasteiger partial charge on any atom is 0.227 e. The summed E-state index contributed by atoms with van der Waals surface area (Å²) >= 11 is 0. The highest BCUT2D eigenvalue weighted by molar-refractivity contribution is 6.00. The van der Waals surface area contributed by atoms with Crippen LogP contribution in [0.2, 0.25) is 0 Å². The van der Waals surface area contributed by atoms with Crippen molar-refractivity contribution in [2.75, 3.05) is 14.1 Å². The fraction of sp³-hybridized carbons (Fsp3) is 0.240. The van der Waals surface area contributed by atoms with Gasteiger partial charge in [-0.25, -0.2) is 4.39 Å². The Hall–Kier alpha value is -3.02. The van der Waals surface area contributed by atoms with Gasteiger partial charge in [0.15, 0.2) is 5.78 Å². The molecule has 0 radical (unpaired) electrons. The molecule has 1 aliphatic heterocycles. The van der Waals surface area contributed by atoms with Crippen molar-refractivity contribution in [3.8, 4) is 5.75 Å². The average molecular weight is 405 g/mol. The number of carbonyl (C=O) groups excluding carboxylic acids is 1. The zero-order valence-electron chi connectivity index (χ0n) is 17.0. The van der Waals surface area contributed by atoms with Crippen LogP contribution >= 0.6 is 0 Å². The third-order valence-electron chi connectivity index (χ3n) is 5.29. The normalized spacial score (nSPS) is 16.6. The van der Waals surface area contributed by atoms with Crippen LogP contribution in [0.1, 0.15) is 33.3 Å². The number of ketones is 1. The summed E-state index contributed by atoms with van der Waals surface area (Å²) in [5, 5.41) is 0. The lowest BCUT2D eigenvalue weighted by molar-refractivity contribution is -0.112. The van der Waals surface area contributed by atoms with E-state index in [2.05, 4.69) is 0 Å². The molecule has 0 saturated heterocycles. The quantitative estimate of drug-likeness (QED) is 0.553.